The molecule has 1 N–H and O–H groups in total. The summed E-state index contributed by atoms with van der Waals surface area (Å²) in [7, 11) is 0. The monoisotopic (exact) mass is 443 g/mol. The van der Waals surface area contributed by atoms with E-state index in [4.69, 9.17) is 19.4 Å². The Hall–Kier alpha value is -2.76. The Labute approximate surface area is 161 Å². The molecule has 1 aliphatic rings. The highest BCUT2D eigenvalue weighted by Crippen LogP contribution is 2.26. The molecule has 0 amide bonds. The average Bonchev–Trinajstić information content (AvgIpc) is 3.26. The number of hydrogen-bond acceptors (Lipinski definition) is 8. The second kappa shape index (κ2) is 8.75. The van der Waals surface area contributed by atoms with E-state index in [0.29, 0.717) is 42.2 Å². The predicted molar refractivity (Wildman–Crippen MR) is 91.5 cm³/mol. The number of rotatable bonds is 8. The third-order valence-electron chi connectivity index (χ3n) is 3.38. The lowest BCUT2D eigenvalue weighted by Gasteiger charge is -2.08. The molecule has 1 aromatic heterocycles. The highest BCUT2D eigenvalue weighted by Gasteiger charge is 2.28. The Morgan fingerprint density at radius 1 is 1.41 bits per heavy atom. The molecule has 0 bridgehead atoms. The zero-order valence-corrected chi connectivity index (χ0v) is 15.5. The molecule has 12 heteroatoms. The second-order valence-corrected chi connectivity index (χ2v) is 6.33. The summed E-state index contributed by atoms with van der Waals surface area (Å²) in [5, 5.41) is 23.8. The number of carboxylic acids is 1. The number of carbonyl (C=O) groups is 1. The van der Waals surface area contributed by atoms with Crippen molar-refractivity contribution in [2.45, 2.75) is 25.5 Å². The predicted octanol–water partition coefficient (Wildman–Crippen LogP) is 1.92. The van der Waals surface area contributed by atoms with E-state index in [2.05, 4.69) is 36.5 Å². The van der Waals surface area contributed by atoms with E-state index in [1.807, 2.05) is 0 Å². The topological polar surface area (TPSA) is 121 Å². The van der Waals surface area contributed by atoms with Crippen LogP contribution in [0.1, 0.15) is 24.8 Å². The van der Waals surface area contributed by atoms with E-state index in [1.165, 1.54) is 12.1 Å². The Bertz CT molecular complexity index is 846. The maximum absolute atomic E-state index is 13.2. The summed E-state index contributed by atoms with van der Waals surface area (Å²) in [5.41, 5.74) is 0. The van der Waals surface area contributed by atoms with Crippen molar-refractivity contribution < 1.29 is 28.6 Å². The minimum Gasteiger partial charge on any atom is -0.492 e. The Morgan fingerprint density at radius 2 is 2.22 bits per heavy atom. The van der Waals surface area contributed by atoms with Crippen LogP contribution in [0.15, 0.2) is 27.8 Å². The number of oxime groups is 1. The highest BCUT2D eigenvalue weighted by molar-refractivity contribution is 9.10. The smallest absolute Gasteiger partial charge is 0.327 e. The van der Waals surface area contributed by atoms with Crippen molar-refractivity contribution in [3.05, 3.63) is 34.3 Å². The molecule has 0 saturated heterocycles. The fourth-order valence-electron chi connectivity index (χ4n) is 2.17. The van der Waals surface area contributed by atoms with Crippen molar-refractivity contribution in [2.24, 2.45) is 5.16 Å². The maximum Gasteiger partial charge on any atom is 0.327 e. The molecule has 144 valence electrons. The number of nitrogens with zero attached hydrogens (tertiary/aromatic N) is 5. The first-order chi connectivity index (χ1) is 13.0. The van der Waals surface area contributed by atoms with Gasteiger partial charge in [-0.2, -0.15) is 4.80 Å². The molecule has 2 aromatic rings. The van der Waals surface area contributed by atoms with E-state index in [9.17, 15) is 9.18 Å². The van der Waals surface area contributed by atoms with Crippen molar-refractivity contribution >= 4 is 27.8 Å². The lowest BCUT2D eigenvalue weighted by molar-refractivity contribution is -0.138. The van der Waals surface area contributed by atoms with Crippen molar-refractivity contribution in [1.29, 1.82) is 0 Å². The fraction of sp³-hybridized carbons (Fsp3) is 0.400. The standard InChI is InChI=1S/C15H15BrFN5O5/c16-10-3-2-9(17)6-11(10)25-4-1-5-26-13-7-12(27-20-13)15-18-21-22(19-15)8-14(23)24/h2-3,6,12H,1,4-5,7-8H2,(H,23,24). The number of ether oxygens (including phenoxy) is 2. The van der Waals surface area contributed by atoms with Crippen LogP contribution in [0.25, 0.3) is 0 Å². The van der Waals surface area contributed by atoms with Crippen molar-refractivity contribution in [3.8, 4) is 5.75 Å². The number of benzene rings is 1. The average molecular weight is 444 g/mol. The van der Waals surface area contributed by atoms with E-state index < -0.39 is 12.1 Å². The summed E-state index contributed by atoms with van der Waals surface area (Å²) in [6.45, 7) is 0.289. The molecule has 1 aliphatic heterocycles. The molecule has 10 nitrogen and oxygen atoms in total. The van der Waals surface area contributed by atoms with Gasteiger partial charge in [-0.3, -0.25) is 4.79 Å². The summed E-state index contributed by atoms with van der Waals surface area (Å²) in [6.07, 6.45) is 0.302. The minimum atomic E-state index is -1.07. The summed E-state index contributed by atoms with van der Waals surface area (Å²) in [6, 6.07) is 4.21. The van der Waals surface area contributed by atoms with Gasteiger partial charge in [-0.05, 0) is 33.3 Å². The normalized spacial score (nSPS) is 15.9. The zero-order valence-electron chi connectivity index (χ0n) is 13.9. The van der Waals surface area contributed by atoms with Crippen molar-refractivity contribution in [1.82, 2.24) is 20.2 Å². The molecule has 27 heavy (non-hydrogen) atoms. The van der Waals surface area contributed by atoms with Crippen LogP contribution in [0.2, 0.25) is 0 Å². The van der Waals surface area contributed by atoms with Crippen LogP contribution in [-0.2, 0) is 20.9 Å². The molecule has 0 saturated carbocycles. The minimum absolute atomic E-state index is 0.234. The molecular formula is C15H15BrFN5O5. The molecule has 1 atom stereocenters. The second-order valence-electron chi connectivity index (χ2n) is 5.48. The van der Waals surface area contributed by atoms with Gasteiger partial charge < -0.3 is 19.4 Å². The zero-order chi connectivity index (χ0) is 19.2. The first kappa shape index (κ1) is 19.0. The van der Waals surface area contributed by atoms with Gasteiger partial charge in [0.1, 0.15) is 11.6 Å². The van der Waals surface area contributed by atoms with Crippen molar-refractivity contribution in [3.63, 3.8) is 0 Å². The number of hydrogen-bond donors (Lipinski definition) is 1. The molecule has 3 rings (SSSR count). The number of aliphatic carboxylic acids is 1. The SMILES string of the molecule is O=C(O)Cn1nnc(C2CC(OCCCOc3cc(F)ccc3Br)=NO2)n1. The summed E-state index contributed by atoms with van der Waals surface area (Å²) in [5.74, 6) is -0.410. The van der Waals surface area contributed by atoms with Gasteiger partial charge in [0.05, 0.1) is 24.1 Å². The van der Waals surface area contributed by atoms with Crippen LogP contribution in [0, 0.1) is 5.82 Å². The lowest BCUT2D eigenvalue weighted by atomic mass is 10.2. The molecule has 0 radical (unpaired) electrons. The fourth-order valence-corrected chi connectivity index (χ4v) is 2.53. The molecule has 1 aromatic carbocycles. The van der Waals surface area contributed by atoms with Gasteiger partial charge in [-0.15, -0.1) is 10.2 Å². The van der Waals surface area contributed by atoms with Crippen LogP contribution < -0.4 is 4.74 Å². The van der Waals surface area contributed by atoms with Crippen LogP contribution in [-0.4, -0.2) is 50.4 Å². The highest BCUT2D eigenvalue weighted by atomic mass is 79.9. The first-order valence-corrected chi connectivity index (χ1v) is 8.73. The number of aromatic nitrogens is 4. The summed E-state index contributed by atoms with van der Waals surface area (Å²) in [4.78, 5) is 16.8. The number of carboxylic acid groups (broad SMARTS) is 1. The Kier molecular flexibility index (Phi) is 6.16. The number of tetrazole rings is 1. The van der Waals surface area contributed by atoms with Crippen LogP contribution in [0.4, 0.5) is 4.39 Å². The summed E-state index contributed by atoms with van der Waals surface area (Å²) < 4.78 is 24.8. The quantitative estimate of drug-likeness (QED) is 0.614. The third kappa shape index (κ3) is 5.36. The molecule has 0 fully saturated rings. The molecule has 0 spiro atoms. The van der Waals surface area contributed by atoms with Crippen LogP contribution in [0.5, 0.6) is 5.75 Å². The van der Waals surface area contributed by atoms with Crippen LogP contribution in [0.3, 0.4) is 0 Å². The third-order valence-corrected chi connectivity index (χ3v) is 4.04. The van der Waals surface area contributed by atoms with E-state index in [-0.39, 0.29) is 18.2 Å². The molecule has 2 heterocycles. The van der Waals surface area contributed by atoms with E-state index in [1.54, 1.807) is 6.07 Å². The van der Waals surface area contributed by atoms with Crippen LogP contribution >= 0.6 is 15.9 Å². The van der Waals surface area contributed by atoms with Gasteiger partial charge in [-0.25, -0.2) is 4.39 Å². The van der Waals surface area contributed by atoms with E-state index in [0.717, 1.165) is 4.80 Å². The van der Waals surface area contributed by atoms with Gasteiger partial charge in [0.25, 0.3) is 0 Å². The first-order valence-electron chi connectivity index (χ1n) is 7.94. The Balaban J connectivity index is 1.37. The van der Waals surface area contributed by atoms with Gasteiger partial charge in [0.15, 0.2) is 12.6 Å². The maximum atomic E-state index is 13.2. The van der Waals surface area contributed by atoms with Gasteiger partial charge in [0, 0.05) is 12.5 Å². The lowest BCUT2D eigenvalue weighted by Crippen LogP contribution is -2.12. The molecule has 1 unspecified atom stereocenters. The van der Waals surface area contributed by atoms with Crippen molar-refractivity contribution in [2.75, 3.05) is 13.2 Å². The molecule has 0 aliphatic carbocycles. The number of halogens is 2. The van der Waals surface area contributed by atoms with E-state index >= 15 is 0 Å². The largest absolute Gasteiger partial charge is 0.492 e. The van der Waals surface area contributed by atoms with Gasteiger partial charge >= 0.3 is 5.97 Å². The summed E-state index contributed by atoms with van der Waals surface area (Å²) >= 11 is 3.29. The van der Waals surface area contributed by atoms with Gasteiger partial charge in [0.2, 0.25) is 11.7 Å². The molecular weight excluding hydrogens is 429 g/mol. The Morgan fingerprint density at radius 3 is 3.04 bits per heavy atom. The van der Waals surface area contributed by atoms with Gasteiger partial charge in [-0.1, -0.05) is 5.16 Å².